The van der Waals surface area contributed by atoms with Crippen LogP contribution in [0.15, 0.2) is 22.9 Å². The minimum absolute atomic E-state index is 0.478. The molecule has 0 bridgehead atoms. The van der Waals surface area contributed by atoms with Gasteiger partial charge in [-0.15, -0.1) is 0 Å². The topological polar surface area (TPSA) is 40.7 Å². The molecule has 2 aromatic rings. The Kier molecular flexibility index (Phi) is 3.74. The van der Waals surface area contributed by atoms with Crippen LogP contribution in [0.3, 0.4) is 0 Å². The molecular weight excluding hydrogens is 218 g/mol. The van der Waals surface area contributed by atoms with Crippen LogP contribution in [0.5, 0.6) is 0 Å². The van der Waals surface area contributed by atoms with Gasteiger partial charge in [-0.25, -0.2) is 0 Å². The van der Waals surface area contributed by atoms with Gasteiger partial charge in [-0.1, -0.05) is 0 Å². The number of aromatic nitrogens is 2. The lowest BCUT2D eigenvalue weighted by molar-refractivity contribution is 0.540. The maximum atomic E-state index is 4.20. The van der Waals surface area contributed by atoms with Gasteiger partial charge in [-0.05, 0) is 48.7 Å². The van der Waals surface area contributed by atoms with E-state index in [0.717, 1.165) is 24.4 Å². The highest BCUT2D eigenvalue weighted by atomic mass is 32.1. The summed E-state index contributed by atoms with van der Waals surface area (Å²) in [7, 11) is 0. The average Bonchev–Trinajstić information content (AvgIpc) is 2.87. The molecule has 0 aliphatic heterocycles. The molecule has 86 valence electrons. The third kappa shape index (κ3) is 3.18. The molecule has 2 aromatic heterocycles. The van der Waals surface area contributed by atoms with Crippen LogP contribution in [0.25, 0.3) is 0 Å². The lowest BCUT2D eigenvalue weighted by atomic mass is 10.1. The van der Waals surface area contributed by atoms with Gasteiger partial charge in [0.2, 0.25) is 0 Å². The molecule has 0 saturated carbocycles. The van der Waals surface area contributed by atoms with E-state index in [4.69, 9.17) is 0 Å². The molecular formula is C12H17N3S. The number of nitrogens with zero attached hydrogens (tertiary/aromatic N) is 1. The summed E-state index contributed by atoms with van der Waals surface area (Å²) in [5.41, 5.74) is 3.60. The Bertz CT molecular complexity index is 419. The highest BCUT2D eigenvalue weighted by Gasteiger charge is 2.04. The fraction of sp³-hybridized carbons (Fsp3) is 0.417. The molecule has 3 nitrogen and oxygen atoms in total. The van der Waals surface area contributed by atoms with E-state index < -0.39 is 0 Å². The van der Waals surface area contributed by atoms with Crippen molar-refractivity contribution < 1.29 is 0 Å². The van der Waals surface area contributed by atoms with Crippen molar-refractivity contribution >= 4 is 11.3 Å². The Morgan fingerprint density at radius 1 is 1.56 bits per heavy atom. The van der Waals surface area contributed by atoms with Crippen molar-refractivity contribution in [3.05, 3.63) is 39.8 Å². The number of nitrogens with one attached hydrogen (secondary N) is 2. The van der Waals surface area contributed by atoms with Crippen molar-refractivity contribution in [2.24, 2.45) is 0 Å². The lowest BCUT2D eigenvalue weighted by Gasteiger charge is -2.11. The van der Waals surface area contributed by atoms with Crippen LogP contribution in [-0.2, 0) is 13.0 Å². The Hall–Kier alpha value is -1.13. The molecule has 0 amide bonds. The second kappa shape index (κ2) is 5.27. The minimum atomic E-state index is 0.478. The fourth-order valence-electron chi connectivity index (χ4n) is 1.68. The number of aryl methyl sites for hydroxylation is 1. The lowest BCUT2D eigenvalue weighted by Crippen LogP contribution is -2.27. The van der Waals surface area contributed by atoms with Crippen molar-refractivity contribution in [1.29, 1.82) is 0 Å². The fourth-order valence-corrected chi connectivity index (χ4v) is 2.36. The van der Waals surface area contributed by atoms with Crippen LogP contribution < -0.4 is 5.32 Å². The summed E-state index contributed by atoms with van der Waals surface area (Å²) in [6.45, 7) is 5.05. The highest BCUT2D eigenvalue weighted by Crippen LogP contribution is 2.08. The second-order valence-electron chi connectivity index (χ2n) is 4.16. The number of H-pyrrole nitrogens is 1. The zero-order valence-electron chi connectivity index (χ0n) is 9.66. The van der Waals surface area contributed by atoms with Crippen molar-refractivity contribution in [3.8, 4) is 0 Å². The van der Waals surface area contributed by atoms with Gasteiger partial charge in [0.1, 0.15) is 0 Å². The number of rotatable bonds is 5. The van der Waals surface area contributed by atoms with E-state index in [9.17, 15) is 0 Å². The van der Waals surface area contributed by atoms with Crippen LogP contribution in [0.2, 0.25) is 0 Å². The van der Waals surface area contributed by atoms with Crippen molar-refractivity contribution in [1.82, 2.24) is 15.5 Å². The van der Waals surface area contributed by atoms with Crippen LogP contribution in [-0.4, -0.2) is 16.2 Å². The Labute approximate surface area is 99.9 Å². The van der Waals surface area contributed by atoms with E-state index in [1.807, 2.05) is 6.92 Å². The molecule has 0 aromatic carbocycles. The smallest absolute Gasteiger partial charge is 0.0762 e. The Morgan fingerprint density at radius 3 is 3.06 bits per heavy atom. The van der Waals surface area contributed by atoms with Gasteiger partial charge in [0.25, 0.3) is 0 Å². The van der Waals surface area contributed by atoms with Gasteiger partial charge in [0.05, 0.1) is 5.69 Å². The van der Waals surface area contributed by atoms with Crippen LogP contribution in [0.1, 0.15) is 23.9 Å². The zero-order chi connectivity index (χ0) is 11.4. The van der Waals surface area contributed by atoms with E-state index in [0.29, 0.717) is 6.04 Å². The van der Waals surface area contributed by atoms with E-state index in [1.54, 1.807) is 11.3 Å². The summed E-state index contributed by atoms with van der Waals surface area (Å²) in [5.74, 6) is 0. The molecule has 0 aliphatic rings. The Morgan fingerprint density at radius 2 is 2.44 bits per heavy atom. The first kappa shape index (κ1) is 11.4. The largest absolute Gasteiger partial charge is 0.308 e. The van der Waals surface area contributed by atoms with Crippen molar-refractivity contribution in [3.63, 3.8) is 0 Å². The molecule has 0 spiro atoms. The normalized spacial score (nSPS) is 12.9. The quantitative estimate of drug-likeness (QED) is 0.836. The number of hydrogen-bond acceptors (Lipinski definition) is 3. The third-order valence-electron chi connectivity index (χ3n) is 2.51. The van der Waals surface area contributed by atoms with E-state index in [1.165, 1.54) is 5.56 Å². The molecule has 0 saturated heterocycles. The first-order valence-corrected chi connectivity index (χ1v) is 6.43. The Balaban J connectivity index is 1.77. The summed E-state index contributed by atoms with van der Waals surface area (Å²) < 4.78 is 0. The summed E-state index contributed by atoms with van der Waals surface area (Å²) >= 11 is 1.75. The first-order valence-electron chi connectivity index (χ1n) is 5.49. The van der Waals surface area contributed by atoms with E-state index in [-0.39, 0.29) is 0 Å². The van der Waals surface area contributed by atoms with Gasteiger partial charge in [-0.2, -0.15) is 16.4 Å². The van der Waals surface area contributed by atoms with Crippen LogP contribution in [0.4, 0.5) is 0 Å². The number of thiophene rings is 1. The zero-order valence-corrected chi connectivity index (χ0v) is 10.5. The number of hydrogen-bond donors (Lipinski definition) is 2. The van der Waals surface area contributed by atoms with E-state index >= 15 is 0 Å². The average molecular weight is 235 g/mol. The van der Waals surface area contributed by atoms with Crippen LogP contribution in [0, 0.1) is 6.92 Å². The maximum absolute atomic E-state index is 4.20. The van der Waals surface area contributed by atoms with Crippen molar-refractivity contribution in [2.75, 3.05) is 0 Å². The number of aromatic amines is 1. The van der Waals surface area contributed by atoms with Gasteiger partial charge in [0.15, 0.2) is 0 Å². The molecule has 2 heterocycles. The summed E-state index contributed by atoms with van der Waals surface area (Å²) in [6, 6.07) is 4.73. The predicted molar refractivity (Wildman–Crippen MR) is 67.6 cm³/mol. The SMILES string of the molecule is Cc1cc(CNC(C)Cc2ccsc2)n[nH]1. The van der Waals surface area contributed by atoms with Crippen LogP contribution >= 0.6 is 11.3 Å². The maximum Gasteiger partial charge on any atom is 0.0762 e. The molecule has 4 heteroatoms. The van der Waals surface area contributed by atoms with Gasteiger partial charge >= 0.3 is 0 Å². The molecule has 1 unspecified atom stereocenters. The molecule has 0 radical (unpaired) electrons. The first-order chi connectivity index (χ1) is 7.74. The third-order valence-corrected chi connectivity index (χ3v) is 3.24. The standard InChI is InChI=1S/C12H17N3S/c1-9(5-11-3-4-16-8-11)13-7-12-6-10(2)14-15-12/h3-4,6,8-9,13H,5,7H2,1-2H3,(H,14,15). The molecule has 0 aliphatic carbocycles. The van der Waals surface area contributed by atoms with E-state index in [2.05, 4.69) is 45.3 Å². The monoisotopic (exact) mass is 235 g/mol. The minimum Gasteiger partial charge on any atom is -0.308 e. The van der Waals surface area contributed by atoms with Crippen molar-refractivity contribution in [2.45, 2.75) is 32.9 Å². The summed E-state index contributed by atoms with van der Waals surface area (Å²) in [6.07, 6.45) is 1.08. The molecule has 16 heavy (non-hydrogen) atoms. The predicted octanol–water partition coefficient (Wildman–Crippen LogP) is 2.50. The molecule has 2 rings (SSSR count). The second-order valence-corrected chi connectivity index (χ2v) is 4.94. The molecule has 2 N–H and O–H groups in total. The highest BCUT2D eigenvalue weighted by molar-refractivity contribution is 7.07. The van der Waals surface area contributed by atoms with Gasteiger partial charge in [-0.3, -0.25) is 5.10 Å². The van der Waals surface area contributed by atoms with Gasteiger partial charge < -0.3 is 5.32 Å². The summed E-state index contributed by atoms with van der Waals surface area (Å²) in [5, 5.41) is 15.0. The molecule has 1 atom stereocenters. The van der Waals surface area contributed by atoms with Gasteiger partial charge in [0, 0.05) is 18.3 Å². The summed E-state index contributed by atoms with van der Waals surface area (Å²) in [4.78, 5) is 0. The molecule has 0 fully saturated rings.